The first-order valence-electron chi connectivity index (χ1n) is 8.44. The van der Waals surface area contributed by atoms with Crippen LogP contribution in [0.15, 0.2) is 48.7 Å². The Morgan fingerprint density at radius 3 is 2.96 bits per heavy atom. The highest BCUT2D eigenvalue weighted by atomic mass is 16.7. The standard InChI is InChI=1S/C20H20N2O3/c1-13(14-6-8-18-19(10-14)25-12-24-18)22-20(23)9-7-15-11-21-17-5-3-2-4-16(15)17/h2-6,8,10-11,13,21H,7,9,12H2,1H3,(H,22,23)/t13-/m1/s1. The number of nitrogens with one attached hydrogen (secondary N) is 2. The summed E-state index contributed by atoms with van der Waals surface area (Å²) in [6, 6.07) is 13.8. The first-order valence-corrected chi connectivity index (χ1v) is 8.44. The molecule has 2 heterocycles. The van der Waals surface area contributed by atoms with Crippen LogP contribution in [-0.4, -0.2) is 17.7 Å². The minimum atomic E-state index is -0.0787. The molecule has 1 aliphatic rings. The third-order valence-corrected chi connectivity index (χ3v) is 4.57. The lowest BCUT2D eigenvalue weighted by Crippen LogP contribution is -2.26. The van der Waals surface area contributed by atoms with Crippen LogP contribution in [0.1, 0.15) is 30.5 Å². The molecule has 5 heteroatoms. The fourth-order valence-electron chi connectivity index (χ4n) is 3.17. The molecular formula is C20H20N2O3. The quantitative estimate of drug-likeness (QED) is 0.746. The summed E-state index contributed by atoms with van der Waals surface area (Å²) in [5.74, 6) is 1.52. The van der Waals surface area contributed by atoms with E-state index >= 15 is 0 Å². The number of aromatic nitrogens is 1. The van der Waals surface area contributed by atoms with Crippen LogP contribution >= 0.6 is 0 Å². The van der Waals surface area contributed by atoms with Crippen molar-refractivity contribution in [1.29, 1.82) is 0 Å². The fourth-order valence-corrected chi connectivity index (χ4v) is 3.17. The third-order valence-electron chi connectivity index (χ3n) is 4.57. The first-order chi connectivity index (χ1) is 12.2. The molecule has 2 aromatic carbocycles. The van der Waals surface area contributed by atoms with Crippen molar-refractivity contribution in [3.8, 4) is 11.5 Å². The minimum Gasteiger partial charge on any atom is -0.454 e. The first kappa shape index (κ1) is 15.6. The highest BCUT2D eigenvalue weighted by Gasteiger charge is 2.17. The number of carbonyl (C=O) groups is 1. The Kier molecular flexibility index (Phi) is 4.06. The van der Waals surface area contributed by atoms with Gasteiger partial charge in [-0.05, 0) is 42.7 Å². The molecule has 0 saturated heterocycles. The maximum atomic E-state index is 12.3. The van der Waals surface area contributed by atoms with Crippen LogP contribution in [0.3, 0.4) is 0 Å². The van der Waals surface area contributed by atoms with E-state index in [1.54, 1.807) is 0 Å². The number of benzene rings is 2. The maximum absolute atomic E-state index is 12.3. The summed E-state index contributed by atoms with van der Waals surface area (Å²) in [7, 11) is 0. The van der Waals surface area contributed by atoms with Gasteiger partial charge in [0, 0.05) is 23.5 Å². The number of aryl methyl sites for hydroxylation is 1. The smallest absolute Gasteiger partial charge is 0.231 e. The topological polar surface area (TPSA) is 63.4 Å². The van der Waals surface area contributed by atoms with Gasteiger partial charge >= 0.3 is 0 Å². The second-order valence-corrected chi connectivity index (χ2v) is 6.26. The van der Waals surface area contributed by atoms with Crippen molar-refractivity contribution in [2.24, 2.45) is 0 Å². The van der Waals surface area contributed by atoms with Crippen molar-refractivity contribution >= 4 is 16.8 Å². The monoisotopic (exact) mass is 336 g/mol. The summed E-state index contributed by atoms with van der Waals surface area (Å²) < 4.78 is 10.7. The zero-order chi connectivity index (χ0) is 17.2. The molecule has 0 fully saturated rings. The molecule has 0 spiro atoms. The molecule has 0 saturated carbocycles. The highest BCUT2D eigenvalue weighted by Crippen LogP contribution is 2.34. The van der Waals surface area contributed by atoms with Crippen LogP contribution in [0.2, 0.25) is 0 Å². The number of hydrogen-bond acceptors (Lipinski definition) is 3. The maximum Gasteiger partial charge on any atom is 0.231 e. The summed E-state index contributed by atoms with van der Waals surface area (Å²) in [6.45, 7) is 2.23. The van der Waals surface area contributed by atoms with Crippen molar-refractivity contribution < 1.29 is 14.3 Å². The normalized spacial score (nSPS) is 13.8. The highest BCUT2D eigenvalue weighted by molar-refractivity contribution is 5.84. The molecule has 0 radical (unpaired) electrons. The Bertz CT molecular complexity index is 916. The number of ether oxygens (including phenoxy) is 2. The van der Waals surface area contributed by atoms with Crippen molar-refractivity contribution in [2.75, 3.05) is 6.79 Å². The van der Waals surface area contributed by atoms with Crippen LogP contribution in [0.4, 0.5) is 0 Å². The van der Waals surface area contributed by atoms with E-state index in [1.807, 2.05) is 49.5 Å². The largest absolute Gasteiger partial charge is 0.454 e. The van der Waals surface area contributed by atoms with E-state index in [-0.39, 0.29) is 18.7 Å². The van der Waals surface area contributed by atoms with Gasteiger partial charge in [-0.3, -0.25) is 4.79 Å². The third kappa shape index (κ3) is 3.18. The van der Waals surface area contributed by atoms with Crippen molar-refractivity contribution in [3.05, 3.63) is 59.8 Å². The number of H-pyrrole nitrogens is 1. The number of aromatic amines is 1. The number of amides is 1. The molecule has 1 amide bonds. The average Bonchev–Trinajstić information content (AvgIpc) is 3.26. The van der Waals surface area contributed by atoms with Gasteiger partial charge in [0.25, 0.3) is 0 Å². The number of para-hydroxylation sites is 1. The molecule has 1 aliphatic heterocycles. The van der Waals surface area contributed by atoms with E-state index in [0.717, 1.165) is 22.6 Å². The molecule has 0 aliphatic carbocycles. The molecule has 0 bridgehead atoms. The summed E-state index contributed by atoms with van der Waals surface area (Å²) in [4.78, 5) is 15.6. The Balaban J connectivity index is 1.37. The second kappa shape index (κ2) is 6.51. The summed E-state index contributed by atoms with van der Waals surface area (Å²) in [5, 5.41) is 4.23. The Morgan fingerprint density at radius 1 is 1.20 bits per heavy atom. The zero-order valence-corrected chi connectivity index (χ0v) is 14.0. The molecule has 1 atom stereocenters. The van der Waals surface area contributed by atoms with Gasteiger partial charge in [0.2, 0.25) is 12.7 Å². The number of carbonyl (C=O) groups excluding carboxylic acids is 1. The van der Waals surface area contributed by atoms with Crippen LogP contribution < -0.4 is 14.8 Å². The van der Waals surface area contributed by atoms with Crippen molar-refractivity contribution in [3.63, 3.8) is 0 Å². The van der Waals surface area contributed by atoms with Gasteiger partial charge in [0.15, 0.2) is 11.5 Å². The molecule has 1 aromatic heterocycles. The molecule has 5 nitrogen and oxygen atoms in total. The average molecular weight is 336 g/mol. The molecule has 128 valence electrons. The molecular weight excluding hydrogens is 316 g/mol. The van der Waals surface area contributed by atoms with E-state index in [2.05, 4.69) is 16.4 Å². The van der Waals surface area contributed by atoms with Gasteiger partial charge < -0.3 is 19.8 Å². The van der Waals surface area contributed by atoms with Gasteiger partial charge in [-0.15, -0.1) is 0 Å². The number of rotatable bonds is 5. The van der Waals surface area contributed by atoms with E-state index in [0.29, 0.717) is 12.8 Å². The summed E-state index contributed by atoms with van der Waals surface area (Å²) in [5.41, 5.74) is 3.28. The molecule has 4 rings (SSSR count). The lowest BCUT2D eigenvalue weighted by atomic mass is 10.1. The van der Waals surface area contributed by atoms with E-state index in [1.165, 1.54) is 10.9 Å². The van der Waals surface area contributed by atoms with Crippen molar-refractivity contribution in [1.82, 2.24) is 10.3 Å². The van der Waals surface area contributed by atoms with Crippen LogP contribution in [-0.2, 0) is 11.2 Å². The summed E-state index contributed by atoms with van der Waals surface area (Å²) in [6.07, 6.45) is 3.15. The number of fused-ring (bicyclic) bond motifs is 2. The lowest BCUT2D eigenvalue weighted by molar-refractivity contribution is -0.121. The van der Waals surface area contributed by atoms with Crippen LogP contribution in [0, 0.1) is 0 Å². The van der Waals surface area contributed by atoms with Crippen LogP contribution in [0.5, 0.6) is 11.5 Å². The van der Waals surface area contributed by atoms with Crippen molar-refractivity contribution in [2.45, 2.75) is 25.8 Å². The van der Waals surface area contributed by atoms with Gasteiger partial charge in [-0.25, -0.2) is 0 Å². The SMILES string of the molecule is C[C@@H](NC(=O)CCc1c[nH]c2ccccc12)c1ccc2c(c1)OCO2. The van der Waals surface area contributed by atoms with E-state index < -0.39 is 0 Å². The van der Waals surface area contributed by atoms with Gasteiger partial charge in [0.1, 0.15) is 0 Å². The Hall–Kier alpha value is -2.95. The predicted octanol–water partition coefficient (Wildman–Crippen LogP) is 3.71. The summed E-state index contributed by atoms with van der Waals surface area (Å²) >= 11 is 0. The molecule has 25 heavy (non-hydrogen) atoms. The Labute approximate surface area is 146 Å². The van der Waals surface area contributed by atoms with Gasteiger partial charge in [-0.1, -0.05) is 24.3 Å². The second-order valence-electron chi connectivity index (χ2n) is 6.26. The molecule has 3 aromatic rings. The predicted molar refractivity (Wildman–Crippen MR) is 95.7 cm³/mol. The van der Waals surface area contributed by atoms with Crippen LogP contribution in [0.25, 0.3) is 10.9 Å². The Morgan fingerprint density at radius 2 is 2.04 bits per heavy atom. The van der Waals surface area contributed by atoms with Gasteiger partial charge in [-0.2, -0.15) is 0 Å². The fraction of sp³-hybridized carbons (Fsp3) is 0.250. The van der Waals surface area contributed by atoms with E-state index in [9.17, 15) is 4.79 Å². The van der Waals surface area contributed by atoms with E-state index in [4.69, 9.17) is 9.47 Å². The molecule has 0 unspecified atom stereocenters. The molecule has 2 N–H and O–H groups in total. The number of hydrogen-bond donors (Lipinski definition) is 2. The zero-order valence-electron chi connectivity index (χ0n) is 14.0. The lowest BCUT2D eigenvalue weighted by Gasteiger charge is -2.14. The minimum absolute atomic E-state index is 0.0375. The van der Waals surface area contributed by atoms with Gasteiger partial charge in [0.05, 0.1) is 6.04 Å².